The van der Waals surface area contributed by atoms with Gasteiger partial charge in [-0.15, -0.1) is 0 Å². The number of esters is 1. The maximum Gasteiger partial charge on any atom is 0.416 e. The van der Waals surface area contributed by atoms with Gasteiger partial charge in [-0.25, -0.2) is 17.9 Å². The van der Waals surface area contributed by atoms with Crippen LogP contribution in [0.25, 0.3) is 0 Å². The second kappa shape index (κ2) is 6.11. The summed E-state index contributed by atoms with van der Waals surface area (Å²) in [6, 6.07) is 3.45. The summed E-state index contributed by atoms with van der Waals surface area (Å²) >= 11 is 0. The van der Waals surface area contributed by atoms with E-state index in [4.69, 9.17) is 4.74 Å². The molecule has 0 N–H and O–H groups in total. The molecule has 0 atom stereocenters. The molecule has 0 bridgehead atoms. The molecule has 6 nitrogen and oxygen atoms in total. The third-order valence-electron chi connectivity index (χ3n) is 3.98. The summed E-state index contributed by atoms with van der Waals surface area (Å²) in [5, 5.41) is 4.21. The average molecular weight is 388 g/mol. The van der Waals surface area contributed by atoms with Crippen molar-refractivity contribution in [1.82, 2.24) is 9.78 Å². The number of alkyl halides is 3. The minimum atomic E-state index is -4.73. The SMILES string of the molecule is Cn1nc(C2CC2)cc1OC(=O)c1ccc(C(F)(F)F)cc1S(C)(=O)=O. The van der Waals surface area contributed by atoms with E-state index in [1.165, 1.54) is 4.68 Å². The Balaban J connectivity index is 1.96. The lowest BCUT2D eigenvalue weighted by Crippen LogP contribution is -2.17. The number of nitrogens with zero attached hydrogens (tertiary/aromatic N) is 2. The standard InChI is InChI=1S/C16H15F3N2O4S/c1-21-14(8-12(20-21)9-3-4-9)25-15(22)11-6-5-10(16(17,18)19)7-13(11)26(2,23)24/h5-9H,3-4H2,1-2H3. The summed E-state index contributed by atoms with van der Waals surface area (Å²) in [4.78, 5) is 11.6. The maximum absolute atomic E-state index is 12.9. The van der Waals surface area contributed by atoms with Gasteiger partial charge in [-0.1, -0.05) is 0 Å². The third kappa shape index (κ3) is 3.74. The highest BCUT2D eigenvalue weighted by Crippen LogP contribution is 2.40. The number of aromatic nitrogens is 2. The molecule has 0 radical (unpaired) electrons. The number of carbonyl (C=O) groups excluding carboxylic acids is 1. The van der Waals surface area contributed by atoms with Crippen LogP contribution < -0.4 is 4.74 Å². The van der Waals surface area contributed by atoms with Crippen LogP contribution in [0.1, 0.15) is 40.4 Å². The zero-order chi connectivity index (χ0) is 19.3. The quantitative estimate of drug-likeness (QED) is 0.753. The molecule has 0 aliphatic heterocycles. The number of hydrogen-bond donors (Lipinski definition) is 0. The second-order valence-corrected chi connectivity index (χ2v) is 8.16. The summed E-state index contributed by atoms with van der Waals surface area (Å²) in [5.41, 5.74) is -0.869. The first-order chi connectivity index (χ1) is 12.0. The van der Waals surface area contributed by atoms with E-state index in [1.807, 2.05) is 0 Å². The van der Waals surface area contributed by atoms with Crippen molar-refractivity contribution in [2.75, 3.05) is 6.26 Å². The first-order valence-corrected chi connectivity index (χ1v) is 9.53. The van der Waals surface area contributed by atoms with Crippen molar-refractivity contribution in [3.63, 3.8) is 0 Å². The van der Waals surface area contributed by atoms with Gasteiger partial charge in [0.2, 0.25) is 5.88 Å². The van der Waals surface area contributed by atoms with E-state index in [0.717, 1.165) is 30.9 Å². The van der Waals surface area contributed by atoms with Gasteiger partial charge in [0.15, 0.2) is 9.84 Å². The van der Waals surface area contributed by atoms with Crippen LogP contribution in [0.15, 0.2) is 29.2 Å². The lowest BCUT2D eigenvalue weighted by atomic mass is 10.1. The van der Waals surface area contributed by atoms with E-state index in [2.05, 4.69) is 5.10 Å². The number of sulfone groups is 1. The van der Waals surface area contributed by atoms with Gasteiger partial charge in [-0.2, -0.15) is 18.3 Å². The highest BCUT2D eigenvalue weighted by Gasteiger charge is 2.34. The Morgan fingerprint density at radius 2 is 1.92 bits per heavy atom. The minimum Gasteiger partial charge on any atom is -0.404 e. The topological polar surface area (TPSA) is 78.3 Å². The van der Waals surface area contributed by atoms with Crippen LogP contribution in [0, 0.1) is 0 Å². The van der Waals surface area contributed by atoms with Crippen LogP contribution in [0.4, 0.5) is 13.2 Å². The van der Waals surface area contributed by atoms with Crippen LogP contribution in [0.3, 0.4) is 0 Å². The van der Waals surface area contributed by atoms with Crippen molar-refractivity contribution in [2.24, 2.45) is 7.05 Å². The highest BCUT2D eigenvalue weighted by molar-refractivity contribution is 7.90. The molecule has 10 heteroatoms. The molecule has 140 valence electrons. The molecule has 2 aromatic rings. The summed E-state index contributed by atoms with van der Waals surface area (Å²) in [6.45, 7) is 0. The summed E-state index contributed by atoms with van der Waals surface area (Å²) in [6.07, 6.45) is -2.03. The van der Waals surface area contributed by atoms with E-state index in [1.54, 1.807) is 13.1 Å². The smallest absolute Gasteiger partial charge is 0.404 e. The van der Waals surface area contributed by atoms with Gasteiger partial charge in [-0.3, -0.25) is 0 Å². The normalized spacial score (nSPS) is 15.1. The minimum absolute atomic E-state index is 0.0937. The van der Waals surface area contributed by atoms with Gasteiger partial charge >= 0.3 is 12.1 Å². The van der Waals surface area contributed by atoms with Gasteiger partial charge < -0.3 is 4.74 Å². The maximum atomic E-state index is 12.9. The zero-order valence-electron chi connectivity index (χ0n) is 13.9. The third-order valence-corrected chi connectivity index (χ3v) is 5.11. The predicted molar refractivity (Wildman–Crippen MR) is 84.7 cm³/mol. The van der Waals surface area contributed by atoms with Gasteiger partial charge in [0.25, 0.3) is 0 Å². The van der Waals surface area contributed by atoms with Crippen LogP contribution >= 0.6 is 0 Å². The number of rotatable bonds is 4. The summed E-state index contributed by atoms with van der Waals surface area (Å²) in [7, 11) is -2.53. The first kappa shape index (κ1) is 18.4. The van der Waals surface area contributed by atoms with Crippen molar-refractivity contribution < 1.29 is 31.1 Å². The molecular formula is C16H15F3N2O4S. The fourth-order valence-corrected chi connectivity index (χ4v) is 3.36. The average Bonchev–Trinajstić information content (AvgIpc) is 3.30. The predicted octanol–water partition coefficient (Wildman–Crippen LogP) is 2.94. The van der Waals surface area contributed by atoms with Crippen LogP contribution in [-0.2, 0) is 23.1 Å². The Bertz CT molecular complexity index is 976. The van der Waals surface area contributed by atoms with Crippen molar-refractivity contribution >= 4 is 15.8 Å². The Labute approximate surface area is 147 Å². The number of benzene rings is 1. The Kier molecular flexibility index (Phi) is 4.33. The van der Waals surface area contributed by atoms with Crippen molar-refractivity contribution in [3.8, 4) is 5.88 Å². The number of hydrogen-bond acceptors (Lipinski definition) is 5. The Hall–Kier alpha value is -2.36. The molecular weight excluding hydrogens is 373 g/mol. The van der Waals surface area contributed by atoms with Crippen LogP contribution in [0.5, 0.6) is 5.88 Å². The van der Waals surface area contributed by atoms with Gasteiger partial charge in [0.05, 0.1) is 21.7 Å². The fraction of sp³-hybridized carbons (Fsp3) is 0.375. The van der Waals surface area contributed by atoms with Crippen LogP contribution in [-0.4, -0.2) is 30.4 Å². The fourth-order valence-electron chi connectivity index (χ4n) is 2.47. The molecule has 3 rings (SSSR count). The number of aryl methyl sites for hydroxylation is 1. The lowest BCUT2D eigenvalue weighted by molar-refractivity contribution is -0.137. The van der Waals surface area contributed by atoms with E-state index < -0.39 is 38.0 Å². The second-order valence-electron chi connectivity index (χ2n) is 6.18. The molecule has 1 heterocycles. The molecule has 1 aromatic carbocycles. The largest absolute Gasteiger partial charge is 0.416 e. The molecule has 1 aromatic heterocycles. The number of halogens is 3. The number of ether oxygens (including phenoxy) is 1. The molecule has 1 aliphatic carbocycles. The molecule has 0 amide bonds. The van der Waals surface area contributed by atoms with E-state index >= 15 is 0 Å². The highest BCUT2D eigenvalue weighted by atomic mass is 32.2. The van der Waals surface area contributed by atoms with Gasteiger partial charge in [0, 0.05) is 25.3 Å². The summed E-state index contributed by atoms with van der Waals surface area (Å²) in [5.74, 6) is -0.660. The molecule has 1 saturated carbocycles. The molecule has 1 aliphatic rings. The van der Waals surface area contributed by atoms with E-state index in [0.29, 0.717) is 18.1 Å². The van der Waals surface area contributed by atoms with Crippen molar-refractivity contribution in [3.05, 3.63) is 41.1 Å². The monoisotopic (exact) mass is 388 g/mol. The molecule has 0 saturated heterocycles. The molecule has 1 fully saturated rings. The lowest BCUT2D eigenvalue weighted by Gasteiger charge is -2.12. The van der Waals surface area contributed by atoms with Gasteiger partial charge in [-0.05, 0) is 31.0 Å². The molecule has 26 heavy (non-hydrogen) atoms. The molecule has 0 unspecified atom stereocenters. The first-order valence-electron chi connectivity index (χ1n) is 7.64. The summed E-state index contributed by atoms with van der Waals surface area (Å²) < 4.78 is 68.8. The van der Waals surface area contributed by atoms with Gasteiger partial charge in [0.1, 0.15) is 0 Å². The zero-order valence-corrected chi connectivity index (χ0v) is 14.7. The van der Waals surface area contributed by atoms with E-state index in [9.17, 15) is 26.4 Å². The van der Waals surface area contributed by atoms with E-state index in [-0.39, 0.29) is 5.88 Å². The Morgan fingerprint density at radius 3 is 2.46 bits per heavy atom. The molecule has 0 spiro atoms. The van der Waals surface area contributed by atoms with Crippen LogP contribution in [0.2, 0.25) is 0 Å². The Morgan fingerprint density at radius 1 is 1.27 bits per heavy atom. The number of carbonyl (C=O) groups is 1. The van der Waals surface area contributed by atoms with Crippen molar-refractivity contribution in [2.45, 2.75) is 29.8 Å². The van der Waals surface area contributed by atoms with Crippen molar-refractivity contribution in [1.29, 1.82) is 0 Å².